The number of hydrogen-bond donors (Lipinski definition) is 0. The minimum Gasteiger partial charge on any atom is -0.290 e. The van der Waals surface area contributed by atoms with Crippen LogP contribution in [0.5, 0.6) is 0 Å². The molecule has 0 saturated carbocycles. The van der Waals surface area contributed by atoms with E-state index in [9.17, 15) is 4.79 Å². The maximum atomic E-state index is 14.0. The minimum atomic E-state index is -0.226. The number of carbonyl (C=O) groups excluding carboxylic acids is 1. The van der Waals surface area contributed by atoms with Gasteiger partial charge in [0.15, 0.2) is 0 Å². The fourth-order valence-corrected chi connectivity index (χ4v) is 4.06. The maximum Gasteiger partial charge on any atom is 0.210 e. The van der Waals surface area contributed by atoms with Crippen LogP contribution in [0.2, 0.25) is 0 Å². The summed E-state index contributed by atoms with van der Waals surface area (Å²) in [6.45, 7) is 12.9. The van der Waals surface area contributed by atoms with Crippen molar-refractivity contribution in [1.82, 2.24) is 9.55 Å². The lowest BCUT2D eigenvalue weighted by Crippen LogP contribution is -2.20. The molecule has 0 fully saturated rings. The molecule has 3 nitrogen and oxygen atoms in total. The van der Waals surface area contributed by atoms with Crippen LogP contribution >= 0.6 is 0 Å². The predicted octanol–water partition coefficient (Wildman–Crippen LogP) is 7.37. The first-order valence-electron chi connectivity index (χ1n) is 11.5. The predicted molar refractivity (Wildman–Crippen MR) is 136 cm³/mol. The van der Waals surface area contributed by atoms with Crippen molar-refractivity contribution in [2.45, 2.75) is 52.4 Å². The number of hydrogen-bond acceptors (Lipinski definition) is 2. The van der Waals surface area contributed by atoms with Crippen LogP contribution in [-0.2, 0) is 10.8 Å². The fourth-order valence-electron chi connectivity index (χ4n) is 4.06. The Balaban J connectivity index is 2.09. The van der Waals surface area contributed by atoms with Gasteiger partial charge in [0.2, 0.25) is 5.78 Å². The lowest BCUT2D eigenvalue weighted by Gasteiger charge is -2.22. The molecule has 0 atom stereocenters. The standard InChI is InChI=1S/C30H32N2O/c1-29(2,3)23-20-24(21-14-9-7-10-15-21)32(26-19-13-18-25(31-26)30(4,5)6)27(23)28(33)22-16-11-8-12-17-22/h7-20H,1-6H3. The van der Waals surface area contributed by atoms with Crippen molar-refractivity contribution in [2.24, 2.45) is 0 Å². The number of aromatic nitrogens is 2. The van der Waals surface area contributed by atoms with E-state index in [-0.39, 0.29) is 16.6 Å². The number of benzene rings is 2. The molecule has 0 N–H and O–H groups in total. The molecule has 0 radical (unpaired) electrons. The third-order valence-electron chi connectivity index (χ3n) is 5.86. The van der Waals surface area contributed by atoms with Crippen molar-refractivity contribution in [1.29, 1.82) is 0 Å². The Kier molecular flexibility index (Phi) is 5.84. The first-order chi connectivity index (χ1) is 15.6. The summed E-state index contributed by atoms with van der Waals surface area (Å²) in [4.78, 5) is 19.0. The van der Waals surface area contributed by atoms with E-state index in [1.54, 1.807) is 0 Å². The molecule has 3 heteroatoms. The van der Waals surface area contributed by atoms with Gasteiger partial charge in [-0.15, -0.1) is 0 Å². The summed E-state index contributed by atoms with van der Waals surface area (Å²) >= 11 is 0. The van der Waals surface area contributed by atoms with E-state index in [0.29, 0.717) is 11.3 Å². The molecule has 2 heterocycles. The molecule has 0 aliphatic heterocycles. The van der Waals surface area contributed by atoms with Gasteiger partial charge in [0, 0.05) is 16.7 Å². The van der Waals surface area contributed by atoms with Crippen LogP contribution in [0.15, 0.2) is 84.9 Å². The molecule has 2 aromatic heterocycles. The summed E-state index contributed by atoms with van der Waals surface area (Å²) in [7, 11) is 0. The number of pyridine rings is 1. The average Bonchev–Trinajstić information content (AvgIpc) is 3.20. The summed E-state index contributed by atoms with van der Waals surface area (Å²) < 4.78 is 2.06. The second-order valence-corrected chi connectivity index (χ2v) is 10.6. The van der Waals surface area contributed by atoms with E-state index in [1.807, 2.05) is 60.7 Å². The van der Waals surface area contributed by atoms with Crippen LogP contribution < -0.4 is 0 Å². The van der Waals surface area contributed by atoms with Crippen LogP contribution in [0.4, 0.5) is 0 Å². The molecule has 0 amide bonds. The fraction of sp³-hybridized carbons (Fsp3) is 0.267. The van der Waals surface area contributed by atoms with Gasteiger partial charge in [-0.25, -0.2) is 4.98 Å². The Bertz CT molecular complexity index is 1270. The molecular weight excluding hydrogens is 404 g/mol. The minimum absolute atomic E-state index is 0.00525. The second kappa shape index (κ2) is 8.47. The molecule has 33 heavy (non-hydrogen) atoms. The normalized spacial score (nSPS) is 12.1. The van der Waals surface area contributed by atoms with Gasteiger partial charge in [-0.05, 0) is 34.7 Å². The van der Waals surface area contributed by atoms with Crippen LogP contribution in [0.1, 0.15) is 68.9 Å². The summed E-state index contributed by atoms with van der Waals surface area (Å²) in [5.41, 5.74) is 5.04. The zero-order valence-corrected chi connectivity index (χ0v) is 20.4. The van der Waals surface area contributed by atoms with Crippen molar-refractivity contribution in [3.05, 3.63) is 107 Å². The summed E-state index contributed by atoms with van der Waals surface area (Å²) in [5, 5.41) is 0. The van der Waals surface area contributed by atoms with Crippen molar-refractivity contribution >= 4 is 5.78 Å². The highest BCUT2D eigenvalue weighted by Gasteiger charge is 2.30. The van der Waals surface area contributed by atoms with E-state index in [1.165, 1.54) is 0 Å². The first-order valence-corrected chi connectivity index (χ1v) is 11.5. The molecule has 0 saturated heterocycles. The van der Waals surface area contributed by atoms with Gasteiger partial charge in [0.05, 0.1) is 11.4 Å². The molecule has 4 aromatic rings. The van der Waals surface area contributed by atoms with Gasteiger partial charge in [-0.1, -0.05) is 108 Å². The van der Waals surface area contributed by atoms with Gasteiger partial charge < -0.3 is 0 Å². The zero-order valence-electron chi connectivity index (χ0n) is 20.4. The number of carbonyl (C=O) groups is 1. The van der Waals surface area contributed by atoms with Crippen LogP contribution in [0.25, 0.3) is 17.1 Å². The molecule has 0 unspecified atom stereocenters. The molecule has 168 valence electrons. The lowest BCUT2D eigenvalue weighted by molar-refractivity contribution is 0.103. The van der Waals surface area contributed by atoms with Crippen molar-refractivity contribution in [2.75, 3.05) is 0 Å². The van der Waals surface area contributed by atoms with E-state index in [0.717, 1.165) is 28.3 Å². The summed E-state index contributed by atoms with van der Waals surface area (Å²) in [6, 6.07) is 28.0. The molecule has 0 spiro atoms. The average molecular weight is 437 g/mol. The molecule has 0 aliphatic carbocycles. The van der Waals surface area contributed by atoms with E-state index >= 15 is 0 Å². The van der Waals surface area contributed by atoms with Crippen LogP contribution in [0.3, 0.4) is 0 Å². The monoisotopic (exact) mass is 436 g/mol. The van der Waals surface area contributed by atoms with Gasteiger partial charge in [-0.2, -0.15) is 0 Å². The van der Waals surface area contributed by atoms with Gasteiger partial charge in [0.1, 0.15) is 5.82 Å². The van der Waals surface area contributed by atoms with Gasteiger partial charge in [-0.3, -0.25) is 9.36 Å². The second-order valence-electron chi connectivity index (χ2n) is 10.6. The topological polar surface area (TPSA) is 34.9 Å². The van der Waals surface area contributed by atoms with E-state index in [2.05, 4.69) is 70.4 Å². The van der Waals surface area contributed by atoms with Gasteiger partial charge >= 0.3 is 0 Å². The summed E-state index contributed by atoms with van der Waals surface area (Å²) in [6.07, 6.45) is 0. The first kappa shape index (κ1) is 22.7. The quantitative estimate of drug-likeness (QED) is 0.313. The van der Waals surface area contributed by atoms with Crippen molar-refractivity contribution < 1.29 is 4.79 Å². The van der Waals surface area contributed by atoms with Crippen LogP contribution in [0, 0.1) is 0 Å². The Morgan fingerprint density at radius 1 is 0.727 bits per heavy atom. The number of rotatable bonds is 4. The Morgan fingerprint density at radius 2 is 1.33 bits per heavy atom. The largest absolute Gasteiger partial charge is 0.290 e. The maximum absolute atomic E-state index is 14.0. The SMILES string of the molecule is CC(C)(C)c1cccc(-n2c(-c3ccccc3)cc(C(C)(C)C)c2C(=O)c2ccccc2)n1. The van der Waals surface area contributed by atoms with Crippen LogP contribution in [-0.4, -0.2) is 15.3 Å². The third kappa shape index (κ3) is 4.54. The Hall–Kier alpha value is -3.46. The van der Waals surface area contributed by atoms with Crippen molar-refractivity contribution in [3.63, 3.8) is 0 Å². The highest BCUT2D eigenvalue weighted by Crippen LogP contribution is 2.37. The van der Waals surface area contributed by atoms with Crippen molar-refractivity contribution in [3.8, 4) is 17.1 Å². The Labute approximate surface area is 197 Å². The zero-order chi connectivity index (χ0) is 23.8. The lowest BCUT2D eigenvalue weighted by atomic mass is 9.85. The highest BCUT2D eigenvalue weighted by atomic mass is 16.1. The Morgan fingerprint density at radius 3 is 1.91 bits per heavy atom. The van der Waals surface area contributed by atoms with E-state index in [4.69, 9.17) is 4.98 Å². The molecule has 2 aromatic carbocycles. The summed E-state index contributed by atoms with van der Waals surface area (Å²) in [5.74, 6) is 0.765. The number of nitrogens with zero attached hydrogens (tertiary/aromatic N) is 2. The van der Waals surface area contributed by atoms with Gasteiger partial charge in [0.25, 0.3) is 0 Å². The molecule has 0 bridgehead atoms. The molecule has 4 rings (SSSR count). The highest BCUT2D eigenvalue weighted by molar-refractivity contribution is 6.10. The smallest absolute Gasteiger partial charge is 0.210 e. The molecular formula is C30H32N2O. The molecule has 0 aliphatic rings. The third-order valence-corrected chi connectivity index (χ3v) is 5.86. The van der Waals surface area contributed by atoms with E-state index < -0.39 is 0 Å². The number of ketones is 1.